The van der Waals surface area contributed by atoms with Crippen LogP contribution in [0, 0.1) is 6.92 Å². The molecule has 1 aliphatic rings. The van der Waals surface area contributed by atoms with Gasteiger partial charge in [0.15, 0.2) is 5.76 Å². The first-order valence-electron chi connectivity index (χ1n) is 6.67. The molecule has 1 aliphatic heterocycles. The first-order chi connectivity index (χ1) is 9.16. The molecule has 0 radical (unpaired) electrons. The summed E-state index contributed by atoms with van der Waals surface area (Å²) in [6.07, 6.45) is 0. The largest absolute Gasteiger partial charge is 0.451 e. The number of fused-ring (bicyclic) bond motifs is 1. The smallest absolute Gasteiger partial charge is 0.289 e. The van der Waals surface area contributed by atoms with E-state index in [0.29, 0.717) is 5.76 Å². The Morgan fingerprint density at radius 1 is 1.45 bits per heavy atom. The molecule has 5 heteroatoms. The molecule has 3 rings (SSSR count). The third-order valence-corrected chi connectivity index (χ3v) is 3.71. The normalized spacial score (nSPS) is 18.9. The minimum atomic E-state index is -0.00963. The molecule has 1 saturated heterocycles. The third-order valence-electron chi connectivity index (χ3n) is 3.71. The van der Waals surface area contributed by atoms with Crippen molar-refractivity contribution in [3.05, 3.63) is 35.6 Å². The van der Waals surface area contributed by atoms with E-state index in [4.69, 9.17) is 4.42 Å². The van der Waals surface area contributed by atoms with Gasteiger partial charge in [-0.25, -0.2) is 0 Å². The predicted molar refractivity (Wildman–Crippen MR) is 81.6 cm³/mol. The Labute approximate surface area is 124 Å². The number of nitrogens with zero attached hydrogens (tertiary/aromatic N) is 1. The van der Waals surface area contributed by atoms with Crippen LogP contribution in [0.1, 0.15) is 23.0 Å². The van der Waals surface area contributed by atoms with E-state index in [1.807, 2.05) is 36.1 Å². The van der Waals surface area contributed by atoms with Crippen molar-refractivity contribution in [1.82, 2.24) is 10.2 Å². The Kier molecular flexibility index (Phi) is 4.35. The zero-order chi connectivity index (χ0) is 13.4. The van der Waals surface area contributed by atoms with Gasteiger partial charge in [0.25, 0.3) is 5.91 Å². The van der Waals surface area contributed by atoms with Crippen molar-refractivity contribution in [2.24, 2.45) is 0 Å². The third kappa shape index (κ3) is 2.53. The molecule has 0 bridgehead atoms. The maximum atomic E-state index is 12.5. The second-order valence-electron chi connectivity index (χ2n) is 5.16. The average molecular weight is 295 g/mol. The van der Waals surface area contributed by atoms with E-state index in [9.17, 15) is 4.79 Å². The monoisotopic (exact) mass is 294 g/mol. The fourth-order valence-corrected chi connectivity index (χ4v) is 2.60. The van der Waals surface area contributed by atoms with Crippen LogP contribution in [-0.2, 0) is 0 Å². The Balaban J connectivity index is 0.00000147. The second-order valence-corrected chi connectivity index (χ2v) is 5.16. The van der Waals surface area contributed by atoms with Gasteiger partial charge in [0, 0.05) is 31.1 Å². The molecule has 2 heterocycles. The number of para-hydroxylation sites is 1. The van der Waals surface area contributed by atoms with Crippen LogP contribution in [-0.4, -0.2) is 36.5 Å². The summed E-state index contributed by atoms with van der Waals surface area (Å²) in [4.78, 5) is 14.4. The lowest BCUT2D eigenvalue weighted by atomic mass is 10.1. The van der Waals surface area contributed by atoms with E-state index >= 15 is 0 Å². The van der Waals surface area contributed by atoms with E-state index < -0.39 is 0 Å². The number of hydrogen-bond donors (Lipinski definition) is 1. The van der Waals surface area contributed by atoms with Gasteiger partial charge in [0.1, 0.15) is 5.58 Å². The van der Waals surface area contributed by atoms with Crippen LogP contribution in [0.5, 0.6) is 0 Å². The number of carbonyl (C=O) groups is 1. The molecule has 1 fully saturated rings. The van der Waals surface area contributed by atoms with E-state index in [1.54, 1.807) is 0 Å². The zero-order valence-electron chi connectivity index (χ0n) is 11.7. The van der Waals surface area contributed by atoms with Gasteiger partial charge in [-0.15, -0.1) is 12.4 Å². The Morgan fingerprint density at radius 3 is 2.95 bits per heavy atom. The first-order valence-corrected chi connectivity index (χ1v) is 6.67. The molecule has 1 atom stereocenters. The van der Waals surface area contributed by atoms with E-state index in [1.165, 1.54) is 0 Å². The highest BCUT2D eigenvalue weighted by molar-refractivity contribution is 5.96. The number of furan rings is 1. The fraction of sp³-hybridized carbons (Fsp3) is 0.400. The highest BCUT2D eigenvalue weighted by atomic mass is 35.5. The van der Waals surface area contributed by atoms with Gasteiger partial charge in [0.05, 0.1) is 0 Å². The molecular weight excluding hydrogens is 276 g/mol. The molecular formula is C15H19ClN2O2. The Bertz CT molecular complexity index is 623. The highest BCUT2D eigenvalue weighted by Crippen LogP contribution is 2.24. The van der Waals surface area contributed by atoms with Crippen molar-refractivity contribution in [3.63, 3.8) is 0 Å². The molecule has 1 amide bonds. The standard InChI is InChI=1S/C15H18N2O2.ClH/c1-10-4-3-5-12-8-13(19-14(10)12)15(18)17-7-6-16-9-11(17)2;/h3-5,8,11,16H,6-7,9H2,1-2H3;1H/t11-;/m0./s1. The molecule has 0 saturated carbocycles. The number of aryl methyl sites for hydroxylation is 1. The molecule has 4 nitrogen and oxygen atoms in total. The minimum Gasteiger partial charge on any atom is -0.451 e. The number of nitrogens with one attached hydrogen (secondary N) is 1. The number of carbonyl (C=O) groups excluding carboxylic acids is 1. The van der Waals surface area contributed by atoms with Crippen molar-refractivity contribution >= 4 is 29.3 Å². The van der Waals surface area contributed by atoms with Crippen LogP contribution in [0.25, 0.3) is 11.0 Å². The predicted octanol–water partition coefficient (Wildman–Crippen LogP) is 2.60. The molecule has 2 aromatic rings. The lowest BCUT2D eigenvalue weighted by molar-refractivity contribution is 0.0625. The van der Waals surface area contributed by atoms with Crippen LogP contribution >= 0.6 is 12.4 Å². The van der Waals surface area contributed by atoms with Gasteiger partial charge < -0.3 is 14.6 Å². The summed E-state index contributed by atoms with van der Waals surface area (Å²) < 4.78 is 5.75. The van der Waals surface area contributed by atoms with Gasteiger partial charge in [-0.2, -0.15) is 0 Å². The summed E-state index contributed by atoms with van der Waals surface area (Å²) >= 11 is 0. The quantitative estimate of drug-likeness (QED) is 0.879. The lowest BCUT2D eigenvalue weighted by Crippen LogP contribution is -2.52. The van der Waals surface area contributed by atoms with Crippen molar-refractivity contribution in [1.29, 1.82) is 0 Å². The molecule has 20 heavy (non-hydrogen) atoms. The molecule has 0 aliphatic carbocycles. The van der Waals surface area contributed by atoms with Gasteiger partial charge >= 0.3 is 0 Å². The minimum absolute atomic E-state index is 0. The zero-order valence-corrected chi connectivity index (χ0v) is 12.5. The van der Waals surface area contributed by atoms with Gasteiger partial charge in [-0.05, 0) is 25.5 Å². The second kappa shape index (κ2) is 5.85. The number of benzene rings is 1. The number of piperazine rings is 1. The van der Waals surface area contributed by atoms with Crippen molar-refractivity contribution in [3.8, 4) is 0 Å². The molecule has 0 unspecified atom stereocenters. The van der Waals surface area contributed by atoms with E-state index in [2.05, 4.69) is 12.2 Å². The number of hydrogen-bond acceptors (Lipinski definition) is 3. The highest BCUT2D eigenvalue weighted by Gasteiger charge is 2.26. The van der Waals surface area contributed by atoms with Crippen LogP contribution in [0.3, 0.4) is 0 Å². The van der Waals surface area contributed by atoms with Crippen molar-refractivity contribution < 1.29 is 9.21 Å². The summed E-state index contributed by atoms with van der Waals surface area (Å²) in [6, 6.07) is 8.00. The number of halogens is 1. The van der Waals surface area contributed by atoms with Gasteiger partial charge in [0.2, 0.25) is 0 Å². The van der Waals surface area contributed by atoms with Gasteiger partial charge in [-0.1, -0.05) is 18.2 Å². The number of rotatable bonds is 1. The van der Waals surface area contributed by atoms with Crippen LogP contribution in [0.2, 0.25) is 0 Å². The van der Waals surface area contributed by atoms with Crippen LogP contribution < -0.4 is 5.32 Å². The van der Waals surface area contributed by atoms with Gasteiger partial charge in [-0.3, -0.25) is 4.79 Å². The van der Waals surface area contributed by atoms with E-state index in [-0.39, 0.29) is 24.4 Å². The van der Waals surface area contributed by atoms with E-state index in [0.717, 1.165) is 36.2 Å². The fourth-order valence-electron chi connectivity index (χ4n) is 2.60. The van der Waals surface area contributed by atoms with Crippen LogP contribution in [0.4, 0.5) is 0 Å². The molecule has 108 valence electrons. The summed E-state index contributed by atoms with van der Waals surface area (Å²) in [5.41, 5.74) is 1.87. The SMILES string of the molecule is Cc1cccc2cc(C(=O)N3CCNC[C@@H]3C)oc12.Cl. The first kappa shape index (κ1) is 14.9. The molecule has 1 N–H and O–H groups in total. The summed E-state index contributed by atoms with van der Waals surface area (Å²) in [5, 5.41) is 4.27. The van der Waals surface area contributed by atoms with Crippen molar-refractivity contribution in [2.75, 3.05) is 19.6 Å². The summed E-state index contributed by atoms with van der Waals surface area (Å²) in [5.74, 6) is 0.433. The summed E-state index contributed by atoms with van der Waals surface area (Å²) in [7, 11) is 0. The maximum absolute atomic E-state index is 12.5. The number of amides is 1. The topological polar surface area (TPSA) is 45.5 Å². The van der Waals surface area contributed by atoms with Crippen LogP contribution in [0.15, 0.2) is 28.7 Å². The van der Waals surface area contributed by atoms with Crippen molar-refractivity contribution in [2.45, 2.75) is 19.9 Å². The average Bonchev–Trinajstić information content (AvgIpc) is 2.84. The Morgan fingerprint density at radius 2 is 2.25 bits per heavy atom. The Hall–Kier alpha value is -1.52. The molecule has 1 aromatic carbocycles. The molecule has 0 spiro atoms. The summed E-state index contributed by atoms with van der Waals surface area (Å²) in [6.45, 7) is 6.46. The molecule has 1 aromatic heterocycles. The maximum Gasteiger partial charge on any atom is 0.289 e. The lowest BCUT2D eigenvalue weighted by Gasteiger charge is -2.33.